The Kier molecular flexibility index (Phi) is 6.13. The van der Waals surface area contributed by atoms with Gasteiger partial charge in [0.25, 0.3) is 5.56 Å². The van der Waals surface area contributed by atoms with Gasteiger partial charge in [-0.25, -0.2) is 8.78 Å². The number of nitrogens with zero attached hydrogens (tertiary/aromatic N) is 2. The average molecular weight is 454 g/mol. The Labute approximate surface area is 189 Å². The van der Waals surface area contributed by atoms with Crippen molar-refractivity contribution in [3.63, 3.8) is 0 Å². The number of methoxy groups -OCH3 is 2. The van der Waals surface area contributed by atoms with Crippen molar-refractivity contribution in [1.82, 2.24) is 14.9 Å². The first-order chi connectivity index (χ1) is 15.9. The number of nitrogens with one attached hydrogen (secondary N) is 2. The number of fused-ring (bicyclic) bond motifs is 1. The summed E-state index contributed by atoms with van der Waals surface area (Å²) in [6.45, 7) is 0.423. The molecule has 1 aliphatic carbocycles. The maximum atomic E-state index is 15.2. The topological polar surface area (TPSA) is 89.2 Å². The van der Waals surface area contributed by atoms with Gasteiger partial charge in [0.15, 0.2) is 23.1 Å². The number of halogens is 2. The second-order valence-electron chi connectivity index (χ2n) is 7.86. The quantitative estimate of drug-likeness (QED) is 0.503. The first-order valence-electron chi connectivity index (χ1n) is 10.5. The van der Waals surface area contributed by atoms with Gasteiger partial charge in [0.2, 0.25) is 0 Å². The standard InChI is InChI=1S/C24H24F2N4O3/c1-28-10-15(9-27)17-7-18-14(11-29-17)6-16(24(31)30(18)12-13-4-5-13)21-22(25)19(32-2)8-20(33-3)23(21)26/h6-11,13,27-28H,4-5,12H2,1-3H3/b15-10+,27-9?. The molecule has 1 fully saturated rings. The molecule has 0 radical (unpaired) electrons. The van der Waals surface area contributed by atoms with Gasteiger partial charge < -0.3 is 24.8 Å². The summed E-state index contributed by atoms with van der Waals surface area (Å²) in [6.07, 6.45) is 6.30. The van der Waals surface area contributed by atoms with Crippen LogP contribution in [0.15, 0.2) is 35.4 Å². The van der Waals surface area contributed by atoms with Crippen LogP contribution in [0.5, 0.6) is 11.5 Å². The van der Waals surface area contributed by atoms with Gasteiger partial charge in [-0.1, -0.05) is 0 Å². The molecule has 0 saturated heterocycles. The lowest BCUT2D eigenvalue weighted by Crippen LogP contribution is -2.24. The van der Waals surface area contributed by atoms with Crippen LogP contribution in [0, 0.1) is 23.0 Å². The fourth-order valence-electron chi connectivity index (χ4n) is 3.82. The summed E-state index contributed by atoms with van der Waals surface area (Å²) in [7, 11) is 4.23. The maximum absolute atomic E-state index is 15.2. The van der Waals surface area contributed by atoms with Gasteiger partial charge in [0.1, 0.15) is 0 Å². The van der Waals surface area contributed by atoms with E-state index in [4.69, 9.17) is 14.9 Å². The molecule has 172 valence electrons. The summed E-state index contributed by atoms with van der Waals surface area (Å²) in [5, 5.41) is 11.1. The van der Waals surface area contributed by atoms with E-state index in [1.165, 1.54) is 26.5 Å². The van der Waals surface area contributed by atoms with E-state index in [0.29, 0.717) is 34.6 Å². The molecule has 7 nitrogen and oxygen atoms in total. The SMILES string of the molecule is CN/C=C(\C=N)c1cc2c(cn1)cc(-c1c(F)c(OC)cc(OC)c1F)c(=O)n2CC1CC1. The van der Waals surface area contributed by atoms with Crippen molar-refractivity contribution in [1.29, 1.82) is 5.41 Å². The number of benzene rings is 1. The van der Waals surface area contributed by atoms with Gasteiger partial charge in [-0.2, -0.15) is 0 Å². The van der Waals surface area contributed by atoms with E-state index < -0.39 is 22.8 Å². The first kappa shape index (κ1) is 22.4. The molecule has 2 heterocycles. The summed E-state index contributed by atoms with van der Waals surface area (Å²) in [6, 6.07) is 4.26. The van der Waals surface area contributed by atoms with Crippen molar-refractivity contribution in [2.75, 3.05) is 21.3 Å². The molecule has 0 unspecified atom stereocenters. The zero-order valence-corrected chi connectivity index (χ0v) is 18.5. The van der Waals surface area contributed by atoms with Crippen LogP contribution >= 0.6 is 0 Å². The molecule has 33 heavy (non-hydrogen) atoms. The molecule has 1 aliphatic rings. The lowest BCUT2D eigenvalue weighted by atomic mass is 10.0. The van der Waals surface area contributed by atoms with Crippen LogP contribution in [0.2, 0.25) is 0 Å². The number of aromatic nitrogens is 2. The number of pyridine rings is 2. The third-order valence-electron chi connectivity index (χ3n) is 5.71. The molecule has 0 spiro atoms. The minimum absolute atomic E-state index is 0.136. The van der Waals surface area contributed by atoms with E-state index in [1.807, 2.05) is 0 Å². The minimum atomic E-state index is -0.974. The number of hydrogen-bond donors (Lipinski definition) is 2. The maximum Gasteiger partial charge on any atom is 0.259 e. The highest BCUT2D eigenvalue weighted by atomic mass is 19.1. The zero-order valence-electron chi connectivity index (χ0n) is 18.5. The highest BCUT2D eigenvalue weighted by Crippen LogP contribution is 2.38. The third kappa shape index (κ3) is 4.06. The highest BCUT2D eigenvalue weighted by Gasteiger charge is 2.27. The molecule has 2 aromatic heterocycles. The monoisotopic (exact) mass is 454 g/mol. The first-order valence-corrected chi connectivity index (χ1v) is 10.5. The number of hydrogen-bond acceptors (Lipinski definition) is 6. The molecule has 2 N–H and O–H groups in total. The Morgan fingerprint density at radius 2 is 1.88 bits per heavy atom. The fraction of sp³-hybridized carbons (Fsp3) is 0.292. The predicted molar refractivity (Wildman–Crippen MR) is 123 cm³/mol. The van der Waals surface area contributed by atoms with E-state index >= 15 is 8.78 Å². The van der Waals surface area contributed by atoms with E-state index in [0.717, 1.165) is 25.1 Å². The molecular weight excluding hydrogens is 430 g/mol. The van der Waals surface area contributed by atoms with Gasteiger partial charge in [-0.15, -0.1) is 0 Å². The predicted octanol–water partition coefficient (Wildman–Crippen LogP) is 3.98. The number of rotatable bonds is 8. The van der Waals surface area contributed by atoms with Crippen molar-refractivity contribution in [3.8, 4) is 22.6 Å². The zero-order chi connectivity index (χ0) is 23.7. The summed E-state index contributed by atoms with van der Waals surface area (Å²) >= 11 is 0. The number of allylic oxidation sites excluding steroid dienone is 1. The normalized spacial score (nSPS) is 13.8. The van der Waals surface area contributed by atoms with Crippen molar-refractivity contribution >= 4 is 22.7 Å². The number of ether oxygens (including phenoxy) is 2. The van der Waals surface area contributed by atoms with Crippen molar-refractivity contribution in [3.05, 3.63) is 58.3 Å². The van der Waals surface area contributed by atoms with Gasteiger partial charge in [-0.05, 0) is 30.9 Å². The molecule has 1 aromatic carbocycles. The summed E-state index contributed by atoms with van der Waals surface area (Å²) in [5.41, 5.74) is 0.464. The Balaban J connectivity index is 2.03. The minimum Gasteiger partial charge on any atom is -0.494 e. The van der Waals surface area contributed by atoms with Gasteiger partial charge >= 0.3 is 0 Å². The van der Waals surface area contributed by atoms with Gasteiger partial charge in [0, 0.05) is 49.2 Å². The van der Waals surface area contributed by atoms with E-state index in [-0.39, 0.29) is 17.1 Å². The molecule has 0 bridgehead atoms. The lowest BCUT2D eigenvalue weighted by molar-refractivity contribution is 0.359. The molecular formula is C24H24F2N4O3. The van der Waals surface area contributed by atoms with Crippen LogP contribution in [-0.4, -0.2) is 37.0 Å². The van der Waals surface area contributed by atoms with Crippen LogP contribution in [-0.2, 0) is 6.54 Å². The molecule has 1 saturated carbocycles. The fourth-order valence-corrected chi connectivity index (χ4v) is 3.82. The van der Waals surface area contributed by atoms with E-state index in [9.17, 15) is 4.79 Å². The summed E-state index contributed by atoms with van der Waals surface area (Å²) < 4.78 is 42.0. The van der Waals surface area contributed by atoms with Gasteiger partial charge in [-0.3, -0.25) is 9.78 Å². The molecule has 0 amide bonds. The second kappa shape index (κ2) is 9.01. The van der Waals surface area contributed by atoms with Crippen LogP contribution < -0.4 is 20.3 Å². The Morgan fingerprint density at radius 1 is 1.21 bits per heavy atom. The van der Waals surface area contributed by atoms with E-state index in [1.54, 1.807) is 23.9 Å². The van der Waals surface area contributed by atoms with Crippen molar-refractivity contribution in [2.24, 2.45) is 5.92 Å². The summed E-state index contributed by atoms with van der Waals surface area (Å²) in [4.78, 5) is 18.0. The smallest absolute Gasteiger partial charge is 0.259 e. The van der Waals surface area contributed by atoms with Crippen molar-refractivity contribution < 1.29 is 18.3 Å². The molecule has 0 atom stereocenters. The average Bonchev–Trinajstić information content (AvgIpc) is 3.64. The molecule has 9 heteroatoms. The van der Waals surface area contributed by atoms with Crippen LogP contribution in [0.4, 0.5) is 8.78 Å². The van der Waals surface area contributed by atoms with Crippen molar-refractivity contribution in [2.45, 2.75) is 19.4 Å². The Bertz CT molecular complexity index is 1300. The van der Waals surface area contributed by atoms with Gasteiger partial charge in [0.05, 0.1) is 36.6 Å². The second-order valence-corrected chi connectivity index (χ2v) is 7.86. The lowest BCUT2D eigenvalue weighted by Gasteiger charge is -2.16. The third-order valence-corrected chi connectivity index (χ3v) is 5.71. The van der Waals surface area contributed by atoms with Crippen LogP contribution in [0.25, 0.3) is 27.6 Å². The largest absolute Gasteiger partial charge is 0.494 e. The molecule has 3 aromatic rings. The Hall–Kier alpha value is -3.75. The van der Waals surface area contributed by atoms with E-state index in [2.05, 4.69) is 10.3 Å². The molecule has 4 rings (SSSR count). The highest BCUT2D eigenvalue weighted by molar-refractivity contribution is 6.08. The van der Waals surface area contributed by atoms with Crippen LogP contribution in [0.3, 0.4) is 0 Å². The summed E-state index contributed by atoms with van der Waals surface area (Å²) in [5.74, 6) is -2.08. The Morgan fingerprint density at radius 3 is 2.42 bits per heavy atom. The molecule has 0 aliphatic heterocycles. The van der Waals surface area contributed by atoms with Crippen LogP contribution in [0.1, 0.15) is 18.5 Å².